The van der Waals surface area contributed by atoms with Gasteiger partial charge in [-0.1, -0.05) is 45.7 Å². The van der Waals surface area contributed by atoms with Crippen molar-refractivity contribution in [2.75, 3.05) is 11.4 Å². The van der Waals surface area contributed by atoms with Crippen molar-refractivity contribution >= 4 is 5.69 Å². The first-order valence-electron chi connectivity index (χ1n) is 8.74. The van der Waals surface area contributed by atoms with Crippen LogP contribution in [-0.2, 0) is 0 Å². The lowest BCUT2D eigenvalue weighted by molar-refractivity contribution is 0.528. The van der Waals surface area contributed by atoms with Crippen molar-refractivity contribution < 1.29 is 0 Å². The van der Waals surface area contributed by atoms with Gasteiger partial charge in [0.25, 0.3) is 0 Å². The van der Waals surface area contributed by atoms with Crippen molar-refractivity contribution in [1.29, 1.82) is 0 Å². The number of benzene rings is 1. The van der Waals surface area contributed by atoms with Gasteiger partial charge in [0, 0.05) is 24.3 Å². The van der Waals surface area contributed by atoms with Crippen LogP contribution in [0.25, 0.3) is 0 Å². The molecule has 1 aliphatic rings. The van der Waals surface area contributed by atoms with Gasteiger partial charge in [-0.05, 0) is 49.3 Å². The molecule has 1 aliphatic carbocycles. The highest BCUT2D eigenvalue weighted by molar-refractivity contribution is 5.49. The van der Waals surface area contributed by atoms with E-state index in [1.54, 1.807) is 0 Å². The maximum Gasteiger partial charge on any atom is 0.0368 e. The molecule has 2 rings (SSSR count). The van der Waals surface area contributed by atoms with Gasteiger partial charge in [-0.25, -0.2) is 0 Å². The molecule has 0 radical (unpaired) electrons. The van der Waals surface area contributed by atoms with Gasteiger partial charge in [0.1, 0.15) is 0 Å². The van der Waals surface area contributed by atoms with E-state index in [4.69, 9.17) is 5.73 Å². The summed E-state index contributed by atoms with van der Waals surface area (Å²) < 4.78 is 0. The fourth-order valence-electron chi connectivity index (χ4n) is 3.28. The standard InChI is InChI=1S/C19H32N2/c1-4-19(20)16-9-11-18(12-10-16)21(14-13-15(2)3)17-7-5-6-8-17/h9-12,15,17,19H,4-8,13-14,20H2,1-3H3/t19-/m0/s1. The number of anilines is 1. The number of hydrogen-bond acceptors (Lipinski definition) is 2. The minimum Gasteiger partial charge on any atom is -0.369 e. The number of hydrogen-bond donors (Lipinski definition) is 1. The zero-order valence-electron chi connectivity index (χ0n) is 14.0. The van der Waals surface area contributed by atoms with Crippen LogP contribution in [0.1, 0.15) is 70.9 Å². The number of nitrogens with two attached hydrogens (primary N) is 1. The van der Waals surface area contributed by atoms with E-state index in [1.807, 2.05) is 0 Å². The van der Waals surface area contributed by atoms with Crippen LogP contribution in [0, 0.1) is 5.92 Å². The molecule has 0 bridgehead atoms. The fraction of sp³-hybridized carbons (Fsp3) is 0.684. The lowest BCUT2D eigenvalue weighted by atomic mass is 10.0. The van der Waals surface area contributed by atoms with E-state index in [9.17, 15) is 0 Å². The fourth-order valence-corrected chi connectivity index (χ4v) is 3.28. The molecule has 0 aromatic heterocycles. The van der Waals surface area contributed by atoms with Crippen molar-refractivity contribution in [3.8, 4) is 0 Å². The molecule has 0 spiro atoms. The second kappa shape index (κ2) is 7.84. The van der Waals surface area contributed by atoms with Gasteiger partial charge in [0.15, 0.2) is 0 Å². The Kier molecular flexibility index (Phi) is 6.10. The maximum absolute atomic E-state index is 6.13. The molecule has 1 atom stereocenters. The maximum atomic E-state index is 6.13. The van der Waals surface area contributed by atoms with Crippen LogP contribution in [0.15, 0.2) is 24.3 Å². The predicted octanol–water partition coefficient (Wildman–Crippen LogP) is 4.89. The first-order chi connectivity index (χ1) is 10.1. The minimum atomic E-state index is 0.176. The van der Waals surface area contributed by atoms with E-state index < -0.39 is 0 Å². The van der Waals surface area contributed by atoms with Crippen molar-refractivity contribution in [2.45, 2.75) is 71.4 Å². The molecular weight excluding hydrogens is 256 g/mol. The zero-order chi connectivity index (χ0) is 15.2. The third-order valence-electron chi connectivity index (χ3n) is 4.81. The molecule has 0 aliphatic heterocycles. The smallest absolute Gasteiger partial charge is 0.0368 e. The van der Waals surface area contributed by atoms with E-state index in [0.717, 1.165) is 18.4 Å². The van der Waals surface area contributed by atoms with E-state index in [2.05, 4.69) is 49.9 Å². The number of rotatable bonds is 7. The lowest BCUT2D eigenvalue weighted by Gasteiger charge is -2.32. The van der Waals surface area contributed by atoms with Crippen LogP contribution in [0.3, 0.4) is 0 Å². The molecule has 0 saturated heterocycles. The quantitative estimate of drug-likeness (QED) is 0.774. The van der Waals surface area contributed by atoms with Gasteiger partial charge < -0.3 is 10.6 Å². The van der Waals surface area contributed by atoms with E-state index in [0.29, 0.717) is 0 Å². The average molecular weight is 288 g/mol. The van der Waals surface area contributed by atoms with Gasteiger partial charge in [-0.2, -0.15) is 0 Å². The highest BCUT2D eigenvalue weighted by Crippen LogP contribution is 2.29. The molecule has 1 saturated carbocycles. The highest BCUT2D eigenvalue weighted by atomic mass is 15.2. The van der Waals surface area contributed by atoms with Crippen molar-refractivity contribution in [3.05, 3.63) is 29.8 Å². The third-order valence-corrected chi connectivity index (χ3v) is 4.81. The van der Waals surface area contributed by atoms with Crippen molar-refractivity contribution in [3.63, 3.8) is 0 Å². The third kappa shape index (κ3) is 4.47. The Morgan fingerprint density at radius 3 is 2.29 bits per heavy atom. The van der Waals surface area contributed by atoms with E-state index in [1.165, 1.54) is 49.9 Å². The summed E-state index contributed by atoms with van der Waals surface area (Å²) in [7, 11) is 0. The molecule has 0 amide bonds. The molecule has 1 aromatic carbocycles. The largest absolute Gasteiger partial charge is 0.369 e. The molecule has 1 fully saturated rings. The Labute approximate surface area is 130 Å². The summed E-state index contributed by atoms with van der Waals surface area (Å²) in [6.07, 6.45) is 7.76. The topological polar surface area (TPSA) is 29.3 Å². The summed E-state index contributed by atoms with van der Waals surface area (Å²) in [6.45, 7) is 7.96. The first-order valence-corrected chi connectivity index (χ1v) is 8.74. The van der Waals surface area contributed by atoms with Crippen LogP contribution in [0.4, 0.5) is 5.69 Å². The Hall–Kier alpha value is -1.02. The molecule has 1 aromatic rings. The Morgan fingerprint density at radius 2 is 1.76 bits per heavy atom. The van der Waals surface area contributed by atoms with Crippen LogP contribution >= 0.6 is 0 Å². The second-order valence-corrected chi connectivity index (χ2v) is 6.92. The Morgan fingerprint density at radius 1 is 1.14 bits per heavy atom. The summed E-state index contributed by atoms with van der Waals surface area (Å²) in [4.78, 5) is 2.65. The van der Waals surface area contributed by atoms with Crippen LogP contribution in [0.5, 0.6) is 0 Å². The SMILES string of the molecule is CC[C@H](N)c1ccc(N(CCC(C)C)C2CCCC2)cc1. The number of nitrogens with zero attached hydrogens (tertiary/aromatic N) is 1. The predicted molar refractivity (Wildman–Crippen MR) is 92.7 cm³/mol. The molecule has 2 heteroatoms. The summed E-state index contributed by atoms with van der Waals surface area (Å²) >= 11 is 0. The minimum absolute atomic E-state index is 0.176. The van der Waals surface area contributed by atoms with E-state index >= 15 is 0 Å². The van der Waals surface area contributed by atoms with Gasteiger partial charge in [-0.15, -0.1) is 0 Å². The lowest BCUT2D eigenvalue weighted by Crippen LogP contribution is -2.34. The first kappa shape index (κ1) is 16.4. The second-order valence-electron chi connectivity index (χ2n) is 6.92. The van der Waals surface area contributed by atoms with Gasteiger partial charge in [0.2, 0.25) is 0 Å². The van der Waals surface area contributed by atoms with Gasteiger partial charge in [-0.3, -0.25) is 0 Å². The molecule has 2 N–H and O–H groups in total. The monoisotopic (exact) mass is 288 g/mol. The van der Waals surface area contributed by atoms with Crippen molar-refractivity contribution in [2.24, 2.45) is 11.7 Å². The highest BCUT2D eigenvalue weighted by Gasteiger charge is 2.23. The summed E-state index contributed by atoms with van der Waals surface area (Å²) in [6, 6.07) is 9.93. The summed E-state index contributed by atoms with van der Waals surface area (Å²) in [5.74, 6) is 0.765. The molecule has 0 heterocycles. The zero-order valence-corrected chi connectivity index (χ0v) is 14.0. The summed E-state index contributed by atoms with van der Waals surface area (Å²) in [5.41, 5.74) is 8.77. The molecule has 118 valence electrons. The average Bonchev–Trinajstić information content (AvgIpc) is 3.01. The molecule has 2 nitrogen and oxygen atoms in total. The van der Waals surface area contributed by atoms with Crippen molar-refractivity contribution in [1.82, 2.24) is 0 Å². The molecular formula is C19H32N2. The van der Waals surface area contributed by atoms with Crippen LogP contribution in [-0.4, -0.2) is 12.6 Å². The Balaban J connectivity index is 2.11. The summed E-state index contributed by atoms with van der Waals surface area (Å²) in [5, 5.41) is 0. The van der Waals surface area contributed by atoms with E-state index in [-0.39, 0.29) is 6.04 Å². The van der Waals surface area contributed by atoms with Crippen LogP contribution < -0.4 is 10.6 Å². The Bertz CT molecular complexity index is 404. The van der Waals surface area contributed by atoms with Crippen LogP contribution in [0.2, 0.25) is 0 Å². The van der Waals surface area contributed by atoms with Gasteiger partial charge in [0.05, 0.1) is 0 Å². The van der Waals surface area contributed by atoms with Gasteiger partial charge >= 0.3 is 0 Å². The normalized spacial score (nSPS) is 17.4. The molecule has 21 heavy (non-hydrogen) atoms. The molecule has 0 unspecified atom stereocenters.